The van der Waals surface area contributed by atoms with Crippen LogP contribution in [0.25, 0.3) is 0 Å². The summed E-state index contributed by atoms with van der Waals surface area (Å²) in [7, 11) is -3.54. The molecule has 0 unspecified atom stereocenters. The van der Waals surface area contributed by atoms with Crippen molar-refractivity contribution in [2.24, 2.45) is 0 Å². The van der Waals surface area contributed by atoms with Crippen molar-refractivity contribution in [3.8, 4) is 11.5 Å². The molecule has 0 spiro atoms. The molecule has 31 heavy (non-hydrogen) atoms. The van der Waals surface area contributed by atoms with Crippen molar-refractivity contribution in [3.63, 3.8) is 0 Å². The maximum Gasteiger partial charge on any atom is 0.243 e. The molecule has 4 rings (SSSR count). The van der Waals surface area contributed by atoms with Gasteiger partial charge in [-0.2, -0.15) is 4.31 Å². The van der Waals surface area contributed by atoms with Crippen molar-refractivity contribution in [2.45, 2.75) is 35.5 Å². The second-order valence-corrected chi connectivity index (χ2v) is 10.5. The fraction of sp³-hybridized carbons (Fsp3) is 0.409. The molecule has 0 aliphatic carbocycles. The molecular weight excluding hydrogens is 436 g/mol. The van der Waals surface area contributed by atoms with Gasteiger partial charge in [0, 0.05) is 30.1 Å². The van der Waals surface area contributed by atoms with Crippen LogP contribution < -0.4 is 14.8 Å². The van der Waals surface area contributed by atoms with Crippen LogP contribution in [0.1, 0.15) is 25.7 Å². The molecule has 0 radical (unpaired) electrons. The minimum Gasteiger partial charge on any atom is -0.490 e. The maximum atomic E-state index is 12.9. The third-order valence-electron chi connectivity index (χ3n) is 5.16. The lowest BCUT2D eigenvalue weighted by Crippen LogP contribution is -2.35. The van der Waals surface area contributed by atoms with E-state index in [1.807, 2.05) is 18.2 Å². The highest BCUT2D eigenvalue weighted by molar-refractivity contribution is 8.00. The predicted octanol–water partition coefficient (Wildman–Crippen LogP) is 3.75. The summed E-state index contributed by atoms with van der Waals surface area (Å²) in [4.78, 5) is 13.6. The van der Waals surface area contributed by atoms with E-state index in [1.54, 1.807) is 18.2 Å². The van der Waals surface area contributed by atoms with Gasteiger partial charge in [-0.05, 0) is 49.2 Å². The van der Waals surface area contributed by atoms with Crippen molar-refractivity contribution in [3.05, 3.63) is 42.5 Å². The fourth-order valence-electron chi connectivity index (χ4n) is 3.57. The zero-order chi connectivity index (χ0) is 21.7. The van der Waals surface area contributed by atoms with Crippen LogP contribution in [-0.2, 0) is 14.8 Å². The molecule has 9 heteroatoms. The van der Waals surface area contributed by atoms with Gasteiger partial charge in [-0.15, -0.1) is 11.8 Å². The molecule has 0 atom stereocenters. The second kappa shape index (κ2) is 9.93. The third kappa shape index (κ3) is 5.53. The Kier molecular flexibility index (Phi) is 7.04. The van der Waals surface area contributed by atoms with Crippen LogP contribution in [0.5, 0.6) is 11.5 Å². The molecule has 1 N–H and O–H groups in total. The summed E-state index contributed by atoms with van der Waals surface area (Å²) in [6, 6.07) is 12.1. The number of nitrogens with zero attached hydrogens (tertiary/aromatic N) is 1. The number of piperidine rings is 1. The van der Waals surface area contributed by atoms with Gasteiger partial charge < -0.3 is 14.8 Å². The Labute approximate surface area is 187 Å². The summed E-state index contributed by atoms with van der Waals surface area (Å²) in [6.07, 6.45) is 3.66. The first-order valence-electron chi connectivity index (χ1n) is 10.4. The Hall–Kier alpha value is -2.23. The molecule has 2 aliphatic heterocycles. The van der Waals surface area contributed by atoms with E-state index >= 15 is 0 Å². The Morgan fingerprint density at radius 1 is 0.968 bits per heavy atom. The first-order valence-corrected chi connectivity index (χ1v) is 12.9. The van der Waals surface area contributed by atoms with Gasteiger partial charge in [0.15, 0.2) is 11.5 Å². The summed E-state index contributed by atoms with van der Waals surface area (Å²) >= 11 is 1.39. The topological polar surface area (TPSA) is 84.9 Å². The molecular formula is C22H26N2O5S2. The predicted molar refractivity (Wildman–Crippen MR) is 120 cm³/mol. The number of sulfonamides is 1. The Bertz CT molecular complexity index is 1040. The third-order valence-corrected chi connectivity index (χ3v) is 8.05. The highest BCUT2D eigenvalue weighted by Crippen LogP contribution is 2.34. The SMILES string of the molecule is O=C(CSc1ccc2c(c1)OCCCO2)Nc1cccc(S(=O)(=O)N2CCCCC2)c1. The van der Waals surface area contributed by atoms with Crippen LogP contribution in [0.15, 0.2) is 52.3 Å². The molecule has 2 heterocycles. The normalized spacial score (nSPS) is 17.0. The van der Waals surface area contributed by atoms with E-state index in [2.05, 4.69) is 5.32 Å². The van der Waals surface area contributed by atoms with Crippen LogP contribution in [-0.4, -0.2) is 50.7 Å². The summed E-state index contributed by atoms with van der Waals surface area (Å²) < 4.78 is 38.6. The maximum absolute atomic E-state index is 12.9. The number of carbonyl (C=O) groups is 1. The van der Waals surface area contributed by atoms with Gasteiger partial charge in [-0.25, -0.2) is 8.42 Å². The molecule has 0 bridgehead atoms. The van der Waals surface area contributed by atoms with Gasteiger partial charge in [0.1, 0.15) is 0 Å². The molecule has 2 aliphatic rings. The van der Waals surface area contributed by atoms with E-state index in [0.29, 0.717) is 37.7 Å². The smallest absolute Gasteiger partial charge is 0.243 e. The lowest BCUT2D eigenvalue weighted by atomic mass is 10.2. The highest BCUT2D eigenvalue weighted by atomic mass is 32.2. The van der Waals surface area contributed by atoms with Gasteiger partial charge in [0.25, 0.3) is 0 Å². The fourth-order valence-corrected chi connectivity index (χ4v) is 5.86. The monoisotopic (exact) mass is 462 g/mol. The van der Waals surface area contributed by atoms with Crippen molar-refractivity contribution >= 4 is 33.4 Å². The molecule has 2 aromatic rings. The summed E-state index contributed by atoms with van der Waals surface area (Å²) in [5, 5.41) is 2.80. The van der Waals surface area contributed by atoms with Crippen molar-refractivity contribution in [2.75, 3.05) is 37.4 Å². The van der Waals surface area contributed by atoms with Crippen molar-refractivity contribution < 1.29 is 22.7 Å². The number of fused-ring (bicyclic) bond motifs is 1. The summed E-state index contributed by atoms with van der Waals surface area (Å²) in [6.45, 7) is 2.34. The quantitative estimate of drug-likeness (QED) is 0.658. The summed E-state index contributed by atoms with van der Waals surface area (Å²) in [5.74, 6) is 1.41. The minimum absolute atomic E-state index is 0.197. The van der Waals surface area contributed by atoms with E-state index < -0.39 is 10.0 Å². The number of thioether (sulfide) groups is 1. The van der Waals surface area contributed by atoms with Gasteiger partial charge >= 0.3 is 0 Å². The molecule has 7 nitrogen and oxygen atoms in total. The van der Waals surface area contributed by atoms with E-state index in [-0.39, 0.29) is 16.6 Å². The lowest BCUT2D eigenvalue weighted by Gasteiger charge is -2.26. The van der Waals surface area contributed by atoms with Crippen LogP contribution in [0.3, 0.4) is 0 Å². The Balaban J connectivity index is 1.37. The van der Waals surface area contributed by atoms with Crippen LogP contribution in [0, 0.1) is 0 Å². The van der Waals surface area contributed by atoms with Crippen molar-refractivity contribution in [1.29, 1.82) is 0 Å². The van der Waals surface area contributed by atoms with Crippen LogP contribution in [0.2, 0.25) is 0 Å². The average Bonchev–Trinajstić information content (AvgIpc) is 3.03. The zero-order valence-electron chi connectivity index (χ0n) is 17.2. The molecule has 1 fully saturated rings. The van der Waals surface area contributed by atoms with Gasteiger partial charge in [-0.1, -0.05) is 12.5 Å². The molecule has 2 aromatic carbocycles. The lowest BCUT2D eigenvalue weighted by molar-refractivity contribution is -0.113. The first kappa shape index (κ1) is 22.0. The molecule has 0 aromatic heterocycles. The van der Waals surface area contributed by atoms with Crippen LogP contribution >= 0.6 is 11.8 Å². The van der Waals surface area contributed by atoms with Crippen molar-refractivity contribution in [1.82, 2.24) is 4.31 Å². The number of benzene rings is 2. The molecule has 1 saturated heterocycles. The largest absolute Gasteiger partial charge is 0.490 e. The van der Waals surface area contributed by atoms with Gasteiger partial charge in [0.05, 0.1) is 23.9 Å². The number of carbonyl (C=O) groups excluding carboxylic acids is 1. The molecule has 1 amide bonds. The highest BCUT2D eigenvalue weighted by Gasteiger charge is 2.26. The number of amides is 1. The number of nitrogens with one attached hydrogen (secondary N) is 1. The van der Waals surface area contributed by atoms with Gasteiger partial charge in [-0.3, -0.25) is 4.79 Å². The van der Waals surface area contributed by atoms with E-state index in [1.165, 1.54) is 22.1 Å². The number of hydrogen-bond acceptors (Lipinski definition) is 6. The number of hydrogen-bond donors (Lipinski definition) is 1. The number of anilines is 1. The Morgan fingerprint density at radius 2 is 1.74 bits per heavy atom. The molecule has 0 saturated carbocycles. The van der Waals surface area contributed by atoms with E-state index in [9.17, 15) is 13.2 Å². The van der Waals surface area contributed by atoms with Gasteiger partial charge in [0.2, 0.25) is 15.9 Å². The van der Waals surface area contributed by atoms with E-state index in [4.69, 9.17) is 9.47 Å². The zero-order valence-corrected chi connectivity index (χ0v) is 18.8. The standard InChI is InChI=1S/C22H26N2O5S2/c25-22(16-30-18-8-9-20-21(15-18)29-13-5-12-28-20)23-17-6-4-7-19(14-17)31(26,27)24-10-2-1-3-11-24/h4,6-9,14-15H,1-3,5,10-13,16H2,(H,23,25). The van der Waals surface area contributed by atoms with E-state index in [0.717, 1.165) is 36.3 Å². The first-order chi connectivity index (χ1) is 15.0. The van der Waals surface area contributed by atoms with Crippen LogP contribution in [0.4, 0.5) is 5.69 Å². The molecule has 166 valence electrons. The number of rotatable bonds is 6. The minimum atomic E-state index is -3.54. The average molecular weight is 463 g/mol. The summed E-state index contributed by atoms with van der Waals surface area (Å²) in [5.41, 5.74) is 0.474. The number of ether oxygens (including phenoxy) is 2. The Morgan fingerprint density at radius 3 is 2.55 bits per heavy atom. The second-order valence-electron chi connectivity index (χ2n) is 7.49.